The minimum atomic E-state index is -3.22. The number of amides is 1. The van der Waals surface area contributed by atoms with Gasteiger partial charge in [0, 0.05) is 24.7 Å². The van der Waals surface area contributed by atoms with E-state index < -0.39 is 10.0 Å². The predicted octanol–water partition coefficient (Wildman–Crippen LogP) is 2.33. The fraction of sp³-hybridized carbons (Fsp3) is 0.471. The maximum atomic E-state index is 12.4. The van der Waals surface area contributed by atoms with Crippen molar-refractivity contribution < 1.29 is 17.9 Å². The number of carbonyl (C=O) groups excluding carboxylic acids is 1. The van der Waals surface area contributed by atoms with Gasteiger partial charge in [0.2, 0.25) is 15.0 Å². The van der Waals surface area contributed by atoms with Crippen molar-refractivity contribution in [3.63, 3.8) is 0 Å². The molecule has 27 heavy (non-hydrogen) atoms. The molecule has 3 rings (SSSR count). The van der Waals surface area contributed by atoms with Crippen molar-refractivity contribution in [2.75, 3.05) is 31.3 Å². The molecule has 0 saturated carbocycles. The molecule has 1 amide bonds. The average Bonchev–Trinajstić information content (AvgIpc) is 3.19. The van der Waals surface area contributed by atoms with Gasteiger partial charge in [-0.3, -0.25) is 4.79 Å². The molecule has 0 bridgehead atoms. The summed E-state index contributed by atoms with van der Waals surface area (Å²) in [7, 11) is -1.64. The molecule has 146 valence electrons. The number of sulfonamides is 1. The Balaban J connectivity index is 1.67. The second-order valence-electron chi connectivity index (χ2n) is 6.23. The largest absolute Gasteiger partial charge is 0.497 e. The summed E-state index contributed by atoms with van der Waals surface area (Å²) in [6.07, 6.45) is 1.61. The number of hydrogen-bond donors (Lipinski definition) is 1. The molecule has 0 unspecified atom stereocenters. The van der Waals surface area contributed by atoms with Crippen molar-refractivity contribution in [1.82, 2.24) is 14.5 Å². The molecule has 2 aromatic rings. The van der Waals surface area contributed by atoms with Crippen LogP contribution in [0.2, 0.25) is 0 Å². The minimum absolute atomic E-state index is 0.0277. The van der Waals surface area contributed by atoms with Crippen LogP contribution in [0.1, 0.15) is 40.5 Å². The van der Waals surface area contributed by atoms with Crippen LogP contribution >= 0.6 is 11.3 Å². The Morgan fingerprint density at radius 1 is 1.33 bits per heavy atom. The van der Waals surface area contributed by atoms with Gasteiger partial charge in [-0.05, 0) is 44.0 Å². The number of nitrogens with zero attached hydrogens (tertiary/aromatic N) is 3. The van der Waals surface area contributed by atoms with Gasteiger partial charge in [-0.15, -0.1) is 10.2 Å². The molecule has 8 nitrogen and oxygen atoms in total. The number of hydrogen-bond acceptors (Lipinski definition) is 7. The van der Waals surface area contributed by atoms with Crippen LogP contribution in [0, 0.1) is 0 Å². The van der Waals surface area contributed by atoms with Gasteiger partial charge in [0.1, 0.15) is 10.8 Å². The Morgan fingerprint density at radius 3 is 2.74 bits per heavy atom. The van der Waals surface area contributed by atoms with E-state index in [1.807, 2.05) is 0 Å². The molecule has 2 heterocycles. The maximum Gasteiger partial charge on any atom is 0.286 e. The monoisotopic (exact) mass is 410 g/mol. The van der Waals surface area contributed by atoms with Crippen molar-refractivity contribution in [2.45, 2.75) is 25.7 Å². The van der Waals surface area contributed by atoms with Crippen LogP contribution in [0.25, 0.3) is 0 Å². The smallest absolute Gasteiger partial charge is 0.286 e. The lowest BCUT2D eigenvalue weighted by atomic mass is 10.0. The molecule has 10 heteroatoms. The third-order valence-corrected chi connectivity index (χ3v) is 7.41. The van der Waals surface area contributed by atoms with Crippen molar-refractivity contribution >= 4 is 33.0 Å². The number of methoxy groups -OCH3 is 1. The standard InChI is InChI=1S/C17H22N4O4S2/c1-3-27(23,24)21-10-4-5-12(11-21)16-19-20-17(26-16)15(22)18-13-6-8-14(25-2)9-7-13/h6-9,12H,3-5,10-11H2,1-2H3,(H,18,22)/t12-/m1/s1. The van der Waals surface area contributed by atoms with Crippen molar-refractivity contribution in [3.8, 4) is 5.75 Å². The lowest BCUT2D eigenvalue weighted by molar-refractivity contribution is 0.102. The molecule has 1 saturated heterocycles. The van der Waals surface area contributed by atoms with E-state index in [0.717, 1.165) is 12.8 Å². The zero-order chi connectivity index (χ0) is 19.4. The molecule has 1 N–H and O–H groups in total. The van der Waals surface area contributed by atoms with Crippen LogP contribution in [-0.4, -0.2) is 54.8 Å². The van der Waals surface area contributed by atoms with Gasteiger partial charge in [-0.1, -0.05) is 11.3 Å². The predicted molar refractivity (Wildman–Crippen MR) is 104 cm³/mol. The lowest BCUT2D eigenvalue weighted by Crippen LogP contribution is -2.39. The highest BCUT2D eigenvalue weighted by atomic mass is 32.2. The average molecular weight is 411 g/mol. The third-order valence-electron chi connectivity index (χ3n) is 4.47. The van der Waals surface area contributed by atoms with Crippen LogP contribution in [0.3, 0.4) is 0 Å². The summed E-state index contributed by atoms with van der Waals surface area (Å²) < 4.78 is 30.8. The zero-order valence-corrected chi connectivity index (χ0v) is 16.8. The normalized spacial score (nSPS) is 18.2. The molecular formula is C17H22N4O4S2. The second kappa shape index (κ2) is 8.32. The first-order valence-electron chi connectivity index (χ1n) is 8.69. The van der Waals surface area contributed by atoms with Gasteiger partial charge in [0.15, 0.2) is 0 Å². The highest BCUT2D eigenvalue weighted by Crippen LogP contribution is 2.30. The van der Waals surface area contributed by atoms with E-state index in [2.05, 4.69) is 15.5 Å². The molecule has 1 aliphatic rings. The molecule has 0 spiro atoms. The van der Waals surface area contributed by atoms with E-state index in [1.54, 1.807) is 38.3 Å². The quantitative estimate of drug-likeness (QED) is 0.784. The first kappa shape index (κ1) is 19.7. The zero-order valence-electron chi connectivity index (χ0n) is 15.2. The van der Waals surface area contributed by atoms with Crippen LogP contribution in [0.4, 0.5) is 5.69 Å². The van der Waals surface area contributed by atoms with E-state index >= 15 is 0 Å². The van der Waals surface area contributed by atoms with Gasteiger partial charge in [-0.25, -0.2) is 12.7 Å². The lowest BCUT2D eigenvalue weighted by Gasteiger charge is -2.30. The summed E-state index contributed by atoms with van der Waals surface area (Å²) in [4.78, 5) is 12.4. The summed E-state index contributed by atoms with van der Waals surface area (Å²) in [5.74, 6) is 0.429. The van der Waals surface area contributed by atoms with Crippen LogP contribution < -0.4 is 10.1 Å². The highest BCUT2D eigenvalue weighted by molar-refractivity contribution is 7.89. The highest BCUT2D eigenvalue weighted by Gasteiger charge is 2.30. The maximum absolute atomic E-state index is 12.4. The first-order valence-corrected chi connectivity index (χ1v) is 11.1. The van der Waals surface area contributed by atoms with E-state index in [1.165, 1.54) is 15.6 Å². The van der Waals surface area contributed by atoms with Crippen molar-refractivity contribution in [3.05, 3.63) is 34.3 Å². The molecule has 1 aliphatic heterocycles. The number of carbonyl (C=O) groups is 1. The van der Waals surface area contributed by atoms with Gasteiger partial charge < -0.3 is 10.1 Å². The van der Waals surface area contributed by atoms with Crippen molar-refractivity contribution in [1.29, 1.82) is 0 Å². The molecular weight excluding hydrogens is 388 g/mol. The van der Waals surface area contributed by atoms with Crippen molar-refractivity contribution in [2.24, 2.45) is 0 Å². The fourth-order valence-electron chi connectivity index (χ4n) is 2.93. The Kier molecular flexibility index (Phi) is 6.08. The molecule has 0 aliphatic carbocycles. The summed E-state index contributed by atoms with van der Waals surface area (Å²) >= 11 is 1.21. The summed E-state index contributed by atoms with van der Waals surface area (Å²) in [5, 5.41) is 11.9. The number of benzene rings is 1. The number of ether oxygens (including phenoxy) is 1. The summed E-state index contributed by atoms with van der Waals surface area (Å²) in [6.45, 7) is 2.58. The molecule has 1 fully saturated rings. The summed E-state index contributed by atoms with van der Waals surface area (Å²) in [5.41, 5.74) is 0.635. The molecule has 0 radical (unpaired) electrons. The van der Waals surface area contributed by atoms with E-state index in [4.69, 9.17) is 4.74 Å². The first-order chi connectivity index (χ1) is 12.9. The number of rotatable bonds is 6. The van der Waals surface area contributed by atoms with E-state index in [9.17, 15) is 13.2 Å². The number of piperidine rings is 1. The second-order valence-corrected chi connectivity index (χ2v) is 9.49. The number of anilines is 1. The topological polar surface area (TPSA) is 101 Å². The minimum Gasteiger partial charge on any atom is -0.497 e. The Morgan fingerprint density at radius 2 is 2.07 bits per heavy atom. The van der Waals surface area contributed by atoms with E-state index in [0.29, 0.717) is 29.5 Å². The molecule has 1 aromatic heterocycles. The van der Waals surface area contributed by atoms with Gasteiger partial charge in [0.05, 0.1) is 12.9 Å². The van der Waals surface area contributed by atoms with Crippen LogP contribution in [0.5, 0.6) is 5.75 Å². The third kappa shape index (κ3) is 4.63. The molecule has 1 aromatic carbocycles. The van der Waals surface area contributed by atoms with E-state index in [-0.39, 0.29) is 22.6 Å². The Hall–Kier alpha value is -2.04. The van der Waals surface area contributed by atoms with Gasteiger partial charge in [0.25, 0.3) is 5.91 Å². The SMILES string of the molecule is CCS(=O)(=O)N1CCC[C@@H](c2nnc(C(=O)Nc3ccc(OC)cc3)s2)C1. The summed E-state index contributed by atoms with van der Waals surface area (Å²) in [6, 6.07) is 7.00. The Bertz CT molecular complexity index is 896. The number of aromatic nitrogens is 2. The van der Waals surface area contributed by atoms with Gasteiger partial charge in [-0.2, -0.15) is 0 Å². The Labute approximate surface area is 162 Å². The van der Waals surface area contributed by atoms with Crippen LogP contribution in [-0.2, 0) is 10.0 Å². The van der Waals surface area contributed by atoms with Gasteiger partial charge >= 0.3 is 0 Å². The van der Waals surface area contributed by atoms with Crippen LogP contribution in [0.15, 0.2) is 24.3 Å². The fourth-order valence-corrected chi connectivity index (χ4v) is 4.97. The number of nitrogens with one attached hydrogen (secondary N) is 1. The molecule has 1 atom stereocenters.